The molecule has 0 unspecified atom stereocenters. The molecule has 0 N–H and O–H groups in total. The average Bonchev–Trinajstić information content (AvgIpc) is 3.10. The first-order chi connectivity index (χ1) is 10.2. The van der Waals surface area contributed by atoms with E-state index in [4.69, 9.17) is 11.6 Å². The smallest absolute Gasteiger partial charge is 0.103 e. The third kappa shape index (κ3) is 2.72. The monoisotopic (exact) mass is 366 g/mol. The van der Waals surface area contributed by atoms with Crippen molar-refractivity contribution in [2.45, 2.75) is 32.7 Å². The number of fused-ring (bicyclic) bond motifs is 1. The molecule has 2 aromatic heterocycles. The zero-order valence-corrected chi connectivity index (χ0v) is 14.3. The molecule has 0 atom stereocenters. The van der Waals surface area contributed by atoms with Crippen LogP contribution in [0.2, 0.25) is 5.02 Å². The first-order valence-electron chi connectivity index (χ1n) is 7.10. The summed E-state index contributed by atoms with van der Waals surface area (Å²) in [7, 11) is 0. The lowest BCUT2D eigenvalue weighted by Crippen LogP contribution is -1.95. The number of aromatic nitrogens is 4. The maximum absolute atomic E-state index is 6.10. The summed E-state index contributed by atoms with van der Waals surface area (Å²) in [6, 6.07) is 4.48. The molecule has 0 bridgehead atoms. The molecule has 1 aliphatic rings. The van der Waals surface area contributed by atoms with E-state index < -0.39 is 0 Å². The first-order valence-corrected chi connectivity index (χ1v) is 8.27. The molecule has 0 radical (unpaired) electrons. The molecular formula is C15H16BrClN4. The van der Waals surface area contributed by atoms with Crippen LogP contribution in [-0.2, 0) is 0 Å². The van der Waals surface area contributed by atoms with Crippen LogP contribution in [0.1, 0.15) is 32.7 Å². The predicted octanol–water partition coefficient (Wildman–Crippen LogP) is 5.00. The molecule has 2 heterocycles. The molecule has 0 aliphatic heterocycles. The van der Waals surface area contributed by atoms with Gasteiger partial charge in [-0.25, -0.2) is 4.68 Å². The Hall–Kier alpha value is -1.33. The molecule has 0 amide bonds. The fourth-order valence-electron chi connectivity index (χ4n) is 2.20. The van der Waals surface area contributed by atoms with Crippen LogP contribution >= 0.6 is 27.5 Å². The third-order valence-corrected chi connectivity index (χ3v) is 4.56. The van der Waals surface area contributed by atoms with Gasteiger partial charge in [-0.3, -0.25) is 4.68 Å². The number of hydrogen-bond donors (Lipinski definition) is 0. The van der Waals surface area contributed by atoms with Crippen molar-refractivity contribution in [3.63, 3.8) is 0 Å². The van der Waals surface area contributed by atoms with Gasteiger partial charge in [-0.1, -0.05) is 25.4 Å². The Labute approximate surface area is 136 Å². The molecular weight excluding hydrogens is 352 g/mol. The highest BCUT2D eigenvalue weighted by atomic mass is 79.9. The van der Waals surface area contributed by atoms with Crippen molar-refractivity contribution < 1.29 is 0 Å². The zero-order chi connectivity index (χ0) is 15.0. The number of rotatable bonds is 2. The normalized spacial score (nSPS) is 14.1. The second kappa shape index (κ2) is 5.81. The lowest BCUT2D eigenvalue weighted by atomic mass is 10.2. The number of halogens is 2. The van der Waals surface area contributed by atoms with Crippen molar-refractivity contribution >= 4 is 38.4 Å². The quantitative estimate of drug-likeness (QED) is 0.639. The van der Waals surface area contributed by atoms with Gasteiger partial charge in [0, 0.05) is 9.86 Å². The van der Waals surface area contributed by atoms with Crippen LogP contribution in [0.25, 0.3) is 16.6 Å². The SMILES string of the molecule is CC.Clc1cc2cnn(-c3cnn(C4CC4)c3)c2cc1Br. The second-order valence-corrected chi connectivity index (χ2v) is 6.05. The highest BCUT2D eigenvalue weighted by molar-refractivity contribution is 9.10. The third-order valence-electron chi connectivity index (χ3n) is 3.36. The Bertz CT molecular complexity index is 773. The van der Waals surface area contributed by atoms with Gasteiger partial charge < -0.3 is 0 Å². The molecule has 0 saturated heterocycles. The topological polar surface area (TPSA) is 35.6 Å². The predicted molar refractivity (Wildman–Crippen MR) is 89.2 cm³/mol. The summed E-state index contributed by atoms with van der Waals surface area (Å²) in [5.41, 5.74) is 2.00. The van der Waals surface area contributed by atoms with Crippen molar-refractivity contribution in [2.75, 3.05) is 0 Å². The molecule has 110 valence electrons. The van der Waals surface area contributed by atoms with Crippen LogP contribution in [-0.4, -0.2) is 19.6 Å². The summed E-state index contributed by atoms with van der Waals surface area (Å²) in [6.45, 7) is 4.00. The summed E-state index contributed by atoms with van der Waals surface area (Å²) in [6.07, 6.45) is 8.17. The van der Waals surface area contributed by atoms with Crippen LogP contribution in [0.4, 0.5) is 0 Å². The molecule has 3 aromatic rings. The van der Waals surface area contributed by atoms with Crippen LogP contribution in [0, 0.1) is 0 Å². The van der Waals surface area contributed by atoms with Gasteiger partial charge in [0.05, 0.1) is 35.2 Å². The molecule has 0 spiro atoms. The summed E-state index contributed by atoms with van der Waals surface area (Å²) in [4.78, 5) is 0. The van der Waals surface area contributed by atoms with Crippen molar-refractivity contribution in [1.82, 2.24) is 19.6 Å². The van der Waals surface area contributed by atoms with Gasteiger partial charge in [0.15, 0.2) is 0 Å². The molecule has 1 aliphatic carbocycles. The van der Waals surface area contributed by atoms with E-state index in [1.54, 1.807) is 0 Å². The van der Waals surface area contributed by atoms with E-state index in [0.717, 1.165) is 21.1 Å². The van der Waals surface area contributed by atoms with E-state index in [-0.39, 0.29) is 0 Å². The van der Waals surface area contributed by atoms with Gasteiger partial charge in [-0.15, -0.1) is 0 Å². The second-order valence-electron chi connectivity index (χ2n) is 4.79. The Morgan fingerprint density at radius 3 is 2.67 bits per heavy atom. The fourth-order valence-corrected chi connectivity index (χ4v) is 2.71. The Balaban J connectivity index is 0.000000636. The van der Waals surface area contributed by atoms with Crippen LogP contribution in [0.3, 0.4) is 0 Å². The van der Waals surface area contributed by atoms with Crippen LogP contribution in [0.15, 0.2) is 35.2 Å². The molecule has 1 saturated carbocycles. The minimum absolute atomic E-state index is 0.580. The minimum Gasteiger partial charge on any atom is -0.267 e. The highest BCUT2D eigenvalue weighted by Gasteiger charge is 2.24. The maximum atomic E-state index is 6.10. The zero-order valence-electron chi connectivity index (χ0n) is 11.9. The minimum atomic E-state index is 0.580. The molecule has 4 rings (SSSR count). The number of benzene rings is 1. The molecule has 21 heavy (non-hydrogen) atoms. The van der Waals surface area contributed by atoms with E-state index in [1.165, 1.54) is 12.8 Å². The molecule has 4 nitrogen and oxygen atoms in total. The Kier molecular flexibility index (Phi) is 4.04. The van der Waals surface area contributed by atoms with E-state index in [1.807, 2.05) is 53.9 Å². The highest BCUT2D eigenvalue weighted by Crippen LogP contribution is 2.35. The van der Waals surface area contributed by atoms with Crippen molar-refractivity contribution in [3.05, 3.63) is 40.2 Å². The van der Waals surface area contributed by atoms with Crippen molar-refractivity contribution in [2.24, 2.45) is 0 Å². The first kappa shape index (κ1) is 14.6. The molecule has 1 fully saturated rings. The maximum Gasteiger partial charge on any atom is 0.103 e. The standard InChI is InChI=1S/C13H10BrClN4.C2H6/c14-11-4-13-8(3-12(11)15)5-17-19(13)10-6-16-18(7-10)9-1-2-9;1-2/h3-7,9H,1-2H2;1-2H3. The van der Waals surface area contributed by atoms with E-state index >= 15 is 0 Å². The lowest BCUT2D eigenvalue weighted by Gasteiger charge is -2.01. The van der Waals surface area contributed by atoms with Gasteiger partial charge in [0.2, 0.25) is 0 Å². The number of hydrogen-bond acceptors (Lipinski definition) is 2. The fraction of sp³-hybridized carbons (Fsp3) is 0.333. The van der Waals surface area contributed by atoms with Crippen molar-refractivity contribution in [1.29, 1.82) is 0 Å². The Morgan fingerprint density at radius 2 is 1.95 bits per heavy atom. The lowest BCUT2D eigenvalue weighted by molar-refractivity contribution is 0.641. The summed E-state index contributed by atoms with van der Waals surface area (Å²) >= 11 is 9.55. The van der Waals surface area contributed by atoms with E-state index in [0.29, 0.717) is 11.1 Å². The van der Waals surface area contributed by atoms with Gasteiger partial charge >= 0.3 is 0 Å². The summed E-state index contributed by atoms with van der Waals surface area (Å²) in [5.74, 6) is 0. The summed E-state index contributed by atoms with van der Waals surface area (Å²) in [5, 5.41) is 10.5. The van der Waals surface area contributed by atoms with Gasteiger partial charge in [0.1, 0.15) is 5.69 Å². The van der Waals surface area contributed by atoms with Gasteiger partial charge in [0.25, 0.3) is 0 Å². The largest absolute Gasteiger partial charge is 0.267 e. The van der Waals surface area contributed by atoms with E-state index in [9.17, 15) is 0 Å². The van der Waals surface area contributed by atoms with E-state index in [2.05, 4.69) is 26.1 Å². The van der Waals surface area contributed by atoms with Crippen LogP contribution in [0.5, 0.6) is 0 Å². The average molecular weight is 368 g/mol. The molecule has 6 heteroatoms. The summed E-state index contributed by atoms with van der Waals surface area (Å²) < 4.78 is 4.79. The van der Waals surface area contributed by atoms with Gasteiger partial charge in [-0.2, -0.15) is 10.2 Å². The van der Waals surface area contributed by atoms with Crippen molar-refractivity contribution in [3.8, 4) is 5.69 Å². The van der Waals surface area contributed by atoms with Gasteiger partial charge in [-0.05, 0) is 40.9 Å². The molecule has 1 aromatic carbocycles. The van der Waals surface area contributed by atoms with Crippen LogP contribution < -0.4 is 0 Å². The number of nitrogens with zero attached hydrogens (tertiary/aromatic N) is 4. The Morgan fingerprint density at radius 1 is 1.19 bits per heavy atom.